The number of methoxy groups -OCH3 is 1. The lowest BCUT2D eigenvalue weighted by Crippen LogP contribution is -2.37. The first kappa shape index (κ1) is 20.2. The summed E-state index contributed by atoms with van der Waals surface area (Å²) in [6.07, 6.45) is 0. The standard InChI is InChI=1S/C19H24BrN3O3/c1-6-22(11-12(2)19(25)26-5)18(24)15-7-9-16(10-8-15)23-14(4)17(20)13(3)21-23/h7-10,12H,6,11H2,1-5H3. The van der Waals surface area contributed by atoms with Crippen molar-refractivity contribution in [2.45, 2.75) is 27.7 Å². The molecule has 26 heavy (non-hydrogen) atoms. The van der Waals surface area contributed by atoms with Gasteiger partial charge in [0.2, 0.25) is 0 Å². The second kappa shape index (κ2) is 8.49. The number of rotatable bonds is 6. The minimum atomic E-state index is -0.366. The first-order valence-electron chi connectivity index (χ1n) is 8.49. The molecule has 1 aromatic heterocycles. The largest absolute Gasteiger partial charge is 0.469 e. The van der Waals surface area contributed by atoms with Gasteiger partial charge in [0.05, 0.1) is 34.6 Å². The number of hydrogen-bond donors (Lipinski definition) is 0. The van der Waals surface area contributed by atoms with Gasteiger partial charge in [-0.25, -0.2) is 4.68 Å². The van der Waals surface area contributed by atoms with Crippen molar-refractivity contribution in [3.63, 3.8) is 0 Å². The highest BCUT2D eigenvalue weighted by molar-refractivity contribution is 9.10. The number of amides is 1. The molecule has 0 saturated heterocycles. The third-order valence-electron chi connectivity index (χ3n) is 4.33. The molecule has 0 aliphatic carbocycles. The molecular weight excluding hydrogens is 398 g/mol. The first-order chi connectivity index (χ1) is 12.3. The maximum absolute atomic E-state index is 12.7. The molecule has 1 amide bonds. The van der Waals surface area contributed by atoms with Gasteiger partial charge in [0.1, 0.15) is 0 Å². The summed E-state index contributed by atoms with van der Waals surface area (Å²) in [4.78, 5) is 26.0. The number of halogens is 1. The Morgan fingerprint density at radius 2 is 1.88 bits per heavy atom. The normalized spacial score (nSPS) is 11.9. The molecule has 2 rings (SSSR count). The second-order valence-corrected chi connectivity index (χ2v) is 7.00. The van der Waals surface area contributed by atoms with E-state index in [9.17, 15) is 9.59 Å². The summed E-state index contributed by atoms with van der Waals surface area (Å²) in [5.74, 6) is -0.790. The number of carbonyl (C=O) groups is 2. The summed E-state index contributed by atoms with van der Waals surface area (Å²) in [6, 6.07) is 7.31. The molecule has 0 aliphatic rings. The van der Waals surface area contributed by atoms with E-state index in [0.717, 1.165) is 21.5 Å². The topological polar surface area (TPSA) is 64.4 Å². The first-order valence-corrected chi connectivity index (χ1v) is 9.28. The molecule has 2 aromatic rings. The quantitative estimate of drug-likeness (QED) is 0.669. The van der Waals surface area contributed by atoms with E-state index in [4.69, 9.17) is 4.74 Å². The summed E-state index contributed by atoms with van der Waals surface area (Å²) in [6.45, 7) is 8.42. The number of nitrogens with zero attached hydrogens (tertiary/aromatic N) is 3. The van der Waals surface area contributed by atoms with Crippen molar-refractivity contribution in [1.82, 2.24) is 14.7 Å². The minimum Gasteiger partial charge on any atom is -0.469 e. The molecule has 0 radical (unpaired) electrons. The van der Waals surface area contributed by atoms with E-state index in [2.05, 4.69) is 21.0 Å². The van der Waals surface area contributed by atoms with Gasteiger partial charge in [-0.15, -0.1) is 0 Å². The van der Waals surface area contributed by atoms with Crippen LogP contribution in [0.1, 0.15) is 35.6 Å². The maximum Gasteiger partial charge on any atom is 0.310 e. The van der Waals surface area contributed by atoms with E-state index < -0.39 is 0 Å². The second-order valence-electron chi connectivity index (χ2n) is 6.21. The van der Waals surface area contributed by atoms with Gasteiger partial charge in [0, 0.05) is 18.7 Å². The Hall–Kier alpha value is -2.15. The van der Waals surface area contributed by atoms with Gasteiger partial charge in [0.25, 0.3) is 5.91 Å². The van der Waals surface area contributed by atoms with Crippen molar-refractivity contribution in [3.05, 3.63) is 45.7 Å². The molecule has 1 aromatic carbocycles. The molecular formula is C19H24BrN3O3. The van der Waals surface area contributed by atoms with Gasteiger partial charge < -0.3 is 9.64 Å². The molecule has 140 valence electrons. The van der Waals surface area contributed by atoms with Gasteiger partial charge in [0.15, 0.2) is 0 Å². The molecule has 0 fully saturated rings. The Labute approximate surface area is 162 Å². The fourth-order valence-corrected chi connectivity index (χ4v) is 3.01. The monoisotopic (exact) mass is 421 g/mol. The lowest BCUT2D eigenvalue weighted by atomic mass is 10.1. The average Bonchev–Trinajstić information content (AvgIpc) is 2.92. The summed E-state index contributed by atoms with van der Waals surface area (Å²) in [5, 5.41) is 4.50. The van der Waals surface area contributed by atoms with Crippen LogP contribution in [0.4, 0.5) is 0 Å². The lowest BCUT2D eigenvalue weighted by molar-refractivity contribution is -0.145. The predicted molar refractivity (Wildman–Crippen MR) is 103 cm³/mol. The van der Waals surface area contributed by atoms with Gasteiger partial charge in [-0.1, -0.05) is 6.92 Å². The van der Waals surface area contributed by atoms with E-state index in [1.807, 2.05) is 37.6 Å². The van der Waals surface area contributed by atoms with Crippen LogP contribution < -0.4 is 0 Å². The van der Waals surface area contributed by atoms with Crippen molar-refractivity contribution in [2.24, 2.45) is 5.92 Å². The highest BCUT2D eigenvalue weighted by Crippen LogP contribution is 2.23. The summed E-state index contributed by atoms with van der Waals surface area (Å²) in [5.41, 5.74) is 3.38. The molecule has 1 unspecified atom stereocenters. The molecule has 0 bridgehead atoms. The van der Waals surface area contributed by atoms with Crippen LogP contribution in [0.25, 0.3) is 5.69 Å². The molecule has 1 heterocycles. The van der Waals surface area contributed by atoms with E-state index in [1.165, 1.54) is 7.11 Å². The lowest BCUT2D eigenvalue weighted by Gasteiger charge is -2.23. The molecule has 0 N–H and O–H groups in total. The third-order valence-corrected chi connectivity index (χ3v) is 5.48. The molecule has 0 saturated carbocycles. The summed E-state index contributed by atoms with van der Waals surface area (Å²) < 4.78 is 7.56. The molecule has 6 nitrogen and oxygen atoms in total. The van der Waals surface area contributed by atoms with E-state index in [1.54, 1.807) is 24.0 Å². The van der Waals surface area contributed by atoms with Crippen LogP contribution in [-0.4, -0.2) is 46.8 Å². The smallest absolute Gasteiger partial charge is 0.310 e. The fraction of sp³-hybridized carbons (Fsp3) is 0.421. The molecule has 0 aliphatic heterocycles. The Balaban J connectivity index is 2.19. The predicted octanol–water partition coefficient (Wildman–Crippen LogP) is 3.52. The van der Waals surface area contributed by atoms with Gasteiger partial charge in [-0.05, 0) is 61.0 Å². The minimum absolute atomic E-state index is 0.107. The van der Waals surface area contributed by atoms with Crippen LogP contribution in [0.5, 0.6) is 0 Å². The number of benzene rings is 1. The number of hydrogen-bond acceptors (Lipinski definition) is 4. The van der Waals surface area contributed by atoms with Crippen molar-refractivity contribution >= 4 is 27.8 Å². The third kappa shape index (κ3) is 4.15. The highest BCUT2D eigenvalue weighted by Gasteiger charge is 2.21. The van der Waals surface area contributed by atoms with E-state index in [-0.39, 0.29) is 17.8 Å². The summed E-state index contributed by atoms with van der Waals surface area (Å²) in [7, 11) is 1.35. The van der Waals surface area contributed by atoms with Crippen LogP contribution >= 0.6 is 15.9 Å². The van der Waals surface area contributed by atoms with E-state index >= 15 is 0 Å². The highest BCUT2D eigenvalue weighted by atomic mass is 79.9. The maximum atomic E-state index is 12.7. The van der Waals surface area contributed by atoms with Crippen LogP contribution in [0.3, 0.4) is 0 Å². The zero-order valence-corrected chi connectivity index (χ0v) is 17.3. The summed E-state index contributed by atoms with van der Waals surface area (Å²) >= 11 is 3.52. The van der Waals surface area contributed by atoms with Crippen LogP contribution in [0.2, 0.25) is 0 Å². The van der Waals surface area contributed by atoms with Crippen molar-refractivity contribution in [2.75, 3.05) is 20.2 Å². The zero-order chi connectivity index (χ0) is 19.4. The van der Waals surface area contributed by atoms with Crippen LogP contribution in [0, 0.1) is 19.8 Å². The SMILES string of the molecule is CCN(CC(C)C(=O)OC)C(=O)c1ccc(-n2nc(C)c(Br)c2C)cc1. The van der Waals surface area contributed by atoms with Gasteiger partial charge in [-0.3, -0.25) is 9.59 Å². The van der Waals surface area contributed by atoms with Crippen molar-refractivity contribution in [1.29, 1.82) is 0 Å². The molecule has 0 spiro atoms. The number of esters is 1. The number of carbonyl (C=O) groups excluding carboxylic acids is 2. The van der Waals surface area contributed by atoms with Gasteiger partial charge in [-0.2, -0.15) is 5.10 Å². The van der Waals surface area contributed by atoms with Crippen LogP contribution in [-0.2, 0) is 9.53 Å². The number of ether oxygens (including phenoxy) is 1. The Morgan fingerprint density at radius 1 is 1.27 bits per heavy atom. The number of aromatic nitrogens is 2. The Morgan fingerprint density at radius 3 is 2.35 bits per heavy atom. The van der Waals surface area contributed by atoms with Crippen molar-refractivity contribution in [3.8, 4) is 5.69 Å². The molecule has 7 heteroatoms. The Kier molecular flexibility index (Phi) is 6.58. The van der Waals surface area contributed by atoms with E-state index in [0.29, 0.717) is 18.7 Å². The van der Waals surface area contributed by atoms with Gasteiger partial charge >= 0.3 is 5.97 Å². The van der Waals surface area contributed by atoms with Crippen LogP contribution in [0.15, 0.2) is 28.7 Å². The fourth-order valence-electron chi connectivity index (χ4n) is 2.76. The van der Waals surface area contributed by atoms with Crippen molar-refractivity contribution < 1.29 is 14.3 Å². The molecule has 1 atom stereocenters. The Bertz CT molecular complexity index is 799. The zero-order valence-electron chi connectivity index (χ0n) is 15.7. The average molecular weight is 422 g/mol. The number of aryl methyl sites for hydroxylation is 1.